The quantitative estimate of drug-likeness (QED) is 0.826. The van der Waals surface area contributed by atoms with Crippen molar-refractivity contribution < 1.29 is 9.53 Å². The highest BCUT2D eigenvalue weighted by Crippen LogP contribution is 2.25. The molecular formula is C21H25NO2. The van der Waals surface area contributed by atoms with E-state index in [2.05, 4.69) is 5.32 Å². The Bertz CT molecular complexity index is 646. The van der Waals surface area contributed by atoms with E-state index in [0.717, 1.165) is 18.6 Å². The third kappa shape index (κ3) is 4.60. The van der Waals surface area contributed by atoms with E-state index in [1.807, 2.05) is 54.6 Å². The van der Waals surface area contributed by atoms with E-state index in [1.54, 1.807) is 0 Å². The summed E-state index contributed by atoms with van der Waals surface area (Å²) < 4.78 is 5.90. The minimum Gasteiger partial charge on any atom is -0.457 e. The summed E-state index contributed by atoms with van der Waals surface area (Å²) >= 11 is 0. The Labute approximate surface area is 144 Å². The molecule has 3 heteroatoms. The summed E-state index contributed by atoms with van der Waals surface area (Å²) in [5.74, 6) is 1.31. The number of benzene rings is 2. The van der Waals surface area contributed by atoms with Crippen LogP contribution < -0.4 is 10.1 Å². The van der Waals surface area contributed by atoms with Gasteiger partial charge in [-0.05, 0) is 37.1 Å². The molecule has 0 spiro atoms. The lowest BCUT2D eigenvalue weighted by Gasteiger charge is -2.21. The fourth-order valence-electron chi connectivity index (χ4n) is 3.22. The Morgan fingerprint density at radius 2 is 1.46 bits per heavy atom. The smallest absolute Gasteiger partial charge is 0.255 e. The summed E-state index contributed by atoms with van der Waals surface area (Å²) in [4.78, 5) is 12.7. The number of nitrogens with one attached hydrogen (secondary N) is 1. The lowest BCUT2D eigenvalue weighted by atomic mass is 9.96. The second-order valence-corrected chi connectivity index (χ2v) is 6.43. The topological polar surface area (TPSA) is 38.3 Å². The van der Waals surface area contributed by atoms with Gasteiger partial charge in [-0.15, -0.1) is 0 Å². The van der Waals surface area contributed by atoms with Crippen molar-refractivity contribution >= 4 is 5.91 Å². The SMILES string of the molecule is O=C(NC1CCCCCCC1)c1ccccc1Oc1ccccc1. The molecule has 24 heavy (non-hydrogen) atoms. The Hall–Kier alpha value is -2.29. The van der Waals surface area contributed by atoms with Gasteiger partial charge in [0.1, 0.15) is 11.5 Å². The fraction of sp³-hybridized carbons (Fsp3) is 0.381. The molecule has 0 radical (unpaired) electrons. The van der Waals surface area contributed by atoms with E-state index in [4.69, 9.17) is 4.74 Å². The van der Waals surface area contributed by atoms with Crippen LogP contribution >= 0.6 is 0 Å². The van der Waals surface area contributed by atoms with Crippen molar-refractivity contribution in [2.75, 3.05) is 0 Å². The Morgan fingerprint density at radius 3 is 2.21 bits per heavy atom. The van der Waals surface area contributed by atoms with Crippen molar-refractivity contribution in [3.63, 3.8) is 0 Å². The normalized spacial score (nSPS) is 16.0. The van der Waals surface area contributed by atoms with Gasteiger partial charge in [0.05, 0.1) is 5.56 Å². The highest BCUT2D eigenvalue weighted by molar-refractivity contribution is 5.97. The Kier molecular flexibility index (Phi) is 5.89. The minimum absolute atomic E-state index is 0.0351. The van der Waals surface area contributed by atoms with Crippen LogP contribution in [-0.4, -0.2) is 11.9 Å². The molecular weight excluding hydrogens is 298 g/mol. The van der Waals surface area contributed by atoms with E-state index in [9.17, 15) is 4.79 Å². The van der Waals surface area contributed by atoms with E-state index < -0.39 is 0 Å². The number of amides is 1. The van der Waals surface area contributed by atoms with Gasteiger partial charge in [0.2, 0.25) is 0 Å². The zero-order chi connectivity index (χ0) is 16.6. The van der Waals surface area contributed by atoms with Gasteiger partial charge in [0.15, 0.2) is 0 Å². The molecule has 0 atom stereocenters. The molecule has 126 valence electrons. The number of para-hydroxylation sites is 2. The van der Waals surface area contributed by atoms with Crippen LogP contribution in [0.25, 0.3) is 0 Å². The van der Waals surface area contributed by atoms with Gasteiger partial charge >= 0.3 is 0 Å². The van der Waals surface area contributed by atoms with Crippen LogP contribution in [0.2, 0.25) is 0 Å². The maximum absolute atomic E-state index is 12.7. The second kappa shape index (κ2) is 8.53. The predicted octanol–water partition coefficient (Wildman–Crippen LogP) is 5.32. The summed E-state index contributed by atoms with van der Waals surface area (Å²) in [6, 6.07) is 17.3. The van der Waals surface area contributed by atoms with Crippen molar-refractivity contribution in [1.29, 1.82) is 0 Å². The lowest BCUT2D eigenvalue weighted by Crippen LogP contribution is -2.35. The molecule has 1 N–H and O–H groups in total. The standard InChI is InChI=1S/C21H25NO2/c23-21(22-17-11-5-2-1-3-6-12-17)19-15-9-10-16-20(19)24-18-13-7-4-8-14-18/h4,7-10,13-17H,1-3,5-6,11-12H2,(H,22,23). The van der Waals surface area contributed by atoms with Crippen molar-refractivity contribution in [2.24, 2.45) is 0 Å². The van der Waals surface area contributed by atoms with E-state index >= 15 is 0 Å². The number of rotatable bonds is 4. The van der Waals surface area contributed by atoms with Crippen molar-refractivity contribution in [3.05, 3.63) is 60.2 Å². The molecule has 1 aliphatic rings. The number of carbonyl (C=O) groups is 1. The molecule has 2 aromatic rings. The molecule has 1 aliphatic carbocycles. The van der Waals surface area contributed by atoms with Crippen molar-refractivity contribution in [3.8, 4) is 11.5 Å². The Morgan fingerprint density at radius 1 is 0.833 bits per heavy atom. The number of hydrogen-bond donors (Lipinski definition) is 1. The minimum atomic E-state index is -0.0351. The zero-order valence-electron chi connectivity index (χ0n) is 14.0. The second-order valence-electron chi connectivity index (χ2n) is 6.43. The van der Waals surface area contributed by atoms with E-state index in [-0.39, 0.29) is 11.9 Å². The van der Waals surface area contributed by atoms with Gasteiger partial charge in [-0.2, -0.15) is 0 Å². The molecule has 2 aromatic carbocycles. The molecule has 0 bridgehead atoms. The van der Waals surface area contributed by atoms with Crippen LogP contribution in [0.15, 0.2) is 54.6 Å². The third-order valence-electron chi connectivity index (χ3n) is 4.54. The lowest BCUT2D eigenvalue weighted by molar-refractivity contribution is 0.0928. The van der Waals surface area contributed by atoms with Crippen LogP contribution in [0, 0.1) is 0 Å². The highest BCUT2D eigenvalue weighted by Gasteiger charge is 2.18. The molecule has 0 unspecified atom stereocenters. The first-order valence-electron chi connectivity index (χ1n) is 8.96. The first-order valence-corrected chi connectivity index (χ1v) is 8.96. The van der Waals surface area contributed by atoms with Crippen LogP contribution in [0.4, 0.5) is 0 Å². The van der Waals surface area contributed by atoms with Gasteiger partial charge in [-0.1, -0.05) is 62.4 Å². The van der Waals surface area contributed by atoms with Gasteiger partial charge < -0.3 is 10.1 Å². The first kappa shape index (κ1) is 16.6. The highest BCUT2D eigenvalue weighted by atomic mass is 16.5. The molecule has 0 heterocycles. The van der Waals surface area contributed by atoms with Gasteiger partial charge in [0, 0.05) is 6.04 Å². The van der Waals surface area contributed by atoms with Gasteiger partial charge in [0.25, 0.3) is 5.91 Å². The monoisotopic (exact) mass is 323 g/mol. The molecule has 1 saturated carbocycles. The molecule has 1 fully saturated rings. The van der Waals surface area contributed by atoms with Crippen LogP contribution in [0.3, 0.4) is 0 Å². The third-order valence-corrected chi connectivity index (χ3v) is 4.54. The van der Waals surface area contributed by atoms with Crippen LogP contribution in [0.5, 0.6) is 11.5 Å². The average molecular weight is 323 g/mol. The zero-order valence-corrected chi connectivity index (χ0v) is 14.0. The molecule has 0 aromatic heterocycles. The fourth-order valence-corrected chi connectivity index (χ4v) is 3.22. The summed E-state index contributed by atoms with van der Waals surface area (Å²) in [7, 11) is 0. The molecule has 3 rings (SSSR count). The Balaban J connectivity index is 1.70. The van der Waals surface area contributed by atoms with Crippen molar-refractivity contribution in [1.82, 2.24) is 5.32 Å². The number of ether oxygens (including phenoxy) is 1. The van der Waals surface area contributed by atoms with Crippen LogP contribution in [0.1, 0.15) is 55.3 Å². The number of carbonyl (C=O) groups excluding carboxylic acids is 1. The van der Waals surface area contributed by atoms with Gasteiger partial charge in [-0.3, -0.25) is 4.79 Å². The van der Waals surface area contributed by atoms with Crippen molar-refractivity contribution in [2.45, 2.75) is 51.0 Å². The molecule has 0 saturated heterocycles. The first-order chi connectivity index (χ1) is 11.8. The van der Waals surface area contributed by atoms with E-state index in [1.165, 1.54) is 32.1 Å². The number of hydrogen-bond acceptors (Lipinski definition) is 2. The maximum atomic E-state index is 12.7. The molecule has 0 aliphatic heterocycles. The largest absolute Gasteiger partial charge is 0.457 e. The summed E-state index contributed by atoms with van der Waals surface area (Å²) in [5, 5.41) is 3.21. The summed E-state index contributed by atoms with van der Waals surface area (Å²) in [5.41, 5.74) is 0.600. The molecule has 1 amide bonds. The summed E-state index contributed by atoms with van der Waals surface area (Å²) in [6.07, 6.45) is 8.44. The van der Waals surface area contributed by atoms with Gasteiger partial charge in [-0.25, -0.2) is 0 Å². The molecule has 3 nitrogen and oxygen atoms in total. The maximum Gasteiger partial charge on any atom is 0.255 e. The van der Waals surface area contributed by atoms with Crippen LogP contribution in [-0.2, 0) is 0 Å². The summed E-state index contributed by atoms with van der Waals surface area (Å²) in [6.45, 7) is 0. The predicted molar refractivity (Wildman–Crippen MR) is 96.5 cm³/mol. The van der Waals surface area contributed by atoms with E-state index in [0.29, 0.717) is 11.3 Å². The average Bonchev–Trinajstić information content (AvgIpc) is 2.58.